The Morgan fingerprint density at radius 3 is 2.18 bits per heavy atom. The number of fused-ring (bicyclic) bond motifs is 3. The molecule has 0 saturated heterocycles. The van der Waals surface area contributed by atoms with Gasteiger partial charge in [0, 0.05) is 13.2 Å². The first-order valence-corrected chi connectivity index (χ1v) is 7.78. The molecule has 1 aliphatic carbocycles. The summed E-state index contributed by atoms with van der Waals surface area (Å²) in [7, 11) is 0. The van der Waals surface area contributed by atoms with E-state index in [9.17, 15) is 4.39 Å². The molecule has 0 bridgehead atoms. The minimum atomic E-state index is -0.356. The highest BCUT2D eigenvalue weighted by atomic mass is 19.1. The fourth-order valence-corrected chi connectivity index (χ4v) is 3.34. The van der Waals surface area contributed by atoms with Crippen molar-refractivity contribution in [1.82, 2.24) is 0 Å². The van der Waals surface area contributed by atoms with E-state index in [0.29, 0.717) is 26.4 Å². The van der Waals surface area contributed by atoms with Crippen molar-refractivity contribution >= 4 is 0 Å². The van der Waals surface area contributed by atoms with Crippen LogP contribution in [0.3, 0.4) is 0 Å². The molecule has 0 saturated carbocycles. The predicted molar refractivity (Wildman–Crippen MR) is 85.6 cm³/mol. The van der Waals surface area contributed by atoms with E-state index in [1.165, 1.54) is 6.07 Å². The van der Waals surface area contributed by atoms with Crippen LogP contribution in [-0.4, -0.2) is 26.4 Å². The lowest BCUT2D eigenvalue weighted by Gasteiger charge is -2.31. The average molecular weight is 300 g/mol. The van der Waals surface area contributed by atoms with Crippen molar-refractivity contribution < 1.29 is 13.9 Å². The van der Waals surface area contributed by atoms with E-state index in [1.54, 1.807) is 6.07 Å². The molecule has 3 heteroatoms. The van der Waals surface area contributed by atoms with Crippen LogP contribution >= 0.6 is 0 Å². The maximum absolute atomic E-state index is 13.7. The Bertz CT molecular complexity index is 658. The van der Waals surface area contributed by atoms with Gasteiger partial charge < -0.3 is 9.47 Å². The number of benzene rings is 2. The van der Waals surface area contributed by atoms with Crippen molar-refractivity contribution in [3.63, 3.8) is 0 Å². The van der Waals surface area contributed by atoms with Gasteiger partial charge in [-0.25, -0.2) is 4.39 Å². The lowest BCUT2D eigenvalue weighted by atomic mass is 9.79. The molecule has 116 valence electrons. The fourth-order valence-electron chi connectivity index (χ4n) is 3.34. The molecule has 2 aromatic rings. The van der Waals surface area contributed by atoms with Gasteiger partial charge in [-0.1, -0.05) is 30.3 Å². The van der Waals surface area contributed by atoms with Crippen LogP contribution in [0.4, 0.5) is 4.39 Å². The second kappa shape index (κ2) is 6.19. The van der Waals surface area contributed by atoms with E-state index in [0.717, 1.165) is 22.3 Å². The topological polar surface area (TPSA) is 18.5 Å². The second-order valence-electron chi connectivity index (χ2n) is 5.59. The highest BCUT2D eigenvalue weighted by Crippen LogP contribution is 2.49. The van der Waals surface area contributed by atoms with E-state index in [-0.39, 0.29) is 11.2 Å². The van der Waals surface area contributed by atoms with Gasteiger partial charge >= 0.3 is 0 Å². The third kappa shape index (κ3) is 2.34. The van der Waals surface area contributed by atoms with E-state index >= 15 is 0 Å². The summed E-state index contributed by atoms with van der Waals surface area (Å²) in [6, 6.07) is 13.2. The molecule has 0 fully saturated rings. The van der Waals surface area contributed by atoms with Crippen LogP contribution in [0.5, 0.6) is 0 Å². The SMILES string of the molecule is CCOCC1(COCC)c2ccccc2-c2cc(F)ccc21. The van der Waals surface area contributed by atoms with Crippen LogP contribution in [0, 0.1) is 5.82 Å². The predicted octanol–water partition coefficient (Wildman–Crippen LogP) is 4.17. The van der Waals surface area contributed by atoms with Crippen LogP contribution in [0.15, 0.2) is 42.5 Å². The van der Waals surface area contributed by atoms with Gasteiger partial charge in [0.15, 0.2) is 0 Å². The van der Waals surface area contributed by atoms with Crippen molar-refractivity contribution in [2.75, 3.05) is 26.4 Å². The Kier molecular flexibility index (Phi) is 4.27. The van der Waals surface area contributed by atoms with E-state index in [1.807, 2.05) is 38.1 Å². The summed E-state index contributed by atoms with van der Waals surface area (Å²) >= 11 is 0. The highest BCUT2D eigenvalue weighted by molar-refractivity contribution is 5.81. The van der Waals surface area contributed by atoms with Gasteiger partial charge in [-0.15, -0.1) is 0 Å². The second-order valence-corrected chi connectivity index (χ2v) is 5.59. The van der Waals surface area contributed by atoms with Gasteiger partial charge in [0.05, 0.1) is 18.6 Å². The first-order chi connectivity index (χ1) is 10.7. The minimum Gasteiger partial charge on any atom is -0.380 e. The van der Waals surface area contributed by atoms with E-state index < -0.39 is 0 Å². The zero-order valence-electron chi connectivity index (χ0n) is 13.1. The molecule has 2 aromatic carbocycles. The van der Waals surface area contributed by atoms with Gasteiger partial charge in [-0.05, 0) is 48.2 Å². The molecule has 0 spiro atoms. The molecule has 0 N–H and O–H groups in total. The smallest absolute Gasteiger partial charge is 0.123 e. The van der Waals surface area contributed by atoms with Crippen LogP contribution in [0.25, 0.3) is 11.1 Å². The van der Waals surface area contributed by atoms with Gasteiger partial charge in [0.25, 0.3) is 0 Å². The lowest BCUT2D eigenvalue weighted by molar-refractivity contribution is 0.0451. The molecule has 0 aliphatic heterocycles. The van der Waals surface area contributed by atoms with Crippen molar-refractivity contribution in [2.45, 2.75) is 19.3 Å². The summed E-state index contributed by atoms with van der Waals surface area (Å²) in [5, 5.41) is 0. The van der Waals surface area contributed by atoms with E-state index in [4.69, 9.17) is 9.47 Å². The van der Waals surface area contributed by atoms with E-state index in [2.05, 4.69) is 6.07 Å². The Labute approximate surface area is 130 Å². The monoisotopic (exact) mass is 300 g/mol. The molecule has 0 aromatic heterocycles. The maximum atomic E-state index is 13.7. The molecule has 0 heterocycles. The largest absolute Gasteiger partial charge is 0.380 e. The summed E-state index contributed by atoms with van der Waals surface area (Å²) in [6.45, 7) is 6.35. The van der Waals surface area contributed by atoms with Gasteiger partial charge in [-0.3, -0.25) is 0 Å². The number of rotatable bonds is 6. The first kappa shape index (κ1) is 15.2. The zero-order chi connectivity index (χ0) is 15.6. The molecule has 0 atom stereocenters. The first-order valence-electron chi connectivity index (χ1n) is 7.78. The fraction of sp³-hybridized carbons (Fsp3) is 0.368. The summed E-state index contributed by atoms with van der Waals surface area (Å²) in [5.74, 6) is -0.211. The van der Waals surface area contributed by atoms with Crippen LogP contribution < -0.4 is 0 Å². The van der Waals surface area contributed by atoms with Crippen LogP contribution in [0.1, 0.15) is 25.0 Å². The molecule has 0 amide bonds. The molecule has 2 nitrogen and oxygen atoms in total. The molecular weight excluding hydrogens is 279 g/mol. The molecule has 1 aliphatic rings. The molecule has 22 heavy (non-hydrogen) atoms. The summed E-state index contributed by atoms with van der Waals surface area (Å²) in [5.41, 5.74) is 3.94. The third-order valence-electron chi connectivity index (χ3n) is 4.34. The zero-order valence-corrected chi connectivity index (χ0v) is 13.1. The number of halogens is 1. The quantitative estimate of drug-likeness (QED) is 0.797. The summed E-state index contributed by atoms with van der Waals surface area (Å²) < 4.78 is 25.3. The average Bonchev–Trinajstić information content (AvgIpc) is 2.81. The molecular formula is C19H21FO2. The number of hydrogen-bond acceptors (Lipinski definition) is 2. The summed E-state index contributed by atoms with van der Waals surface area (Å²) in [4.78, 5) is 0. The van der Waals surface area contributed by atoms with Crippen LogP contribution in [-0.2, 0) is 14.9 Å². The Hall–Kier alpha value is -1.71. The standard InChI is InChI=1S/C19H21FO2/c1-3-21-12-19(13-22-4-2)17-8-6-5-7-15(17)16-11-14(20)9-10-18(16)19/h5-11H,3-4,12-13H2,1-2H3. The number of ether oxygens (including phenoxy) is 2. The molecule has 0 unspecified atom stereocenters. The van der Waals surface area contributed by atoms with Crippen molar-refractivity contribution in [3.05, 3.63) is 59.4 Å². The Morgan fingerprint density at radius 2 is 1.50 bits per heavy atom. The van der Waals surface area contributed by atoms with Crippen molar-refractivity contribution in [3.8, 4) is 11.1 Å². The van der Waals surface area contributed by atoms with Crippen molar-refractivity contribution in [2.24, 2.45) is 0 Å². The Morgan fingerprint density at radius 1 is 0.864 bits per heavy atom. The molecule has 0 radical (unpaired) electrons. The van der Waals surface area contributed by atoms with Gasteiger partial charge in [0.1, 0.15) is 5.82 Å². The van der Waals surface area contributed by atoms with Crippen molar-refractivity contribution in [1.29, 1.82) is 0 Å². The van der Waals surface area contributed by atoms with Crippen LogP contribution in [0.2, 0.25) is 0 Å². The summed E-state index contributed by atoms with van der Waals surface area (Å²) in [6.07, 6.45) is 0. The molecule has 3 rings (SSSR count). The lowest BCUT2D eigenvalue weighted by Crippen LogP contribution is -2.36. The highest BCUT2D eigenvalue weighted by Gasteiger charge is 2.43. The Balaban J connectivity index is 2.19. The van der Waals surface area contributed by atoms with Gasteiger partial charge in [-0.2, -0.15) is 0 Å². The number of hydrogen-bond donors (Lipinski definition) is 0. The third-order valence-corrected chi connectivity index (χ3v) is 4.34. The minimum absolute atomic E-state index is 0.211. The van der Waals surface area contributed by atoms with Gasteiger partial charge in [0.2, 0.25) is 0 Å². The maximum Gasteiger partial charge on any atom is 0.123 e. The normalized spacial score (nSPS) is 14.7.